The van der Waals surface area contributed by atoms with Crippen LogP contribution < -0.4 is 15.3 Å². The Balaban J connectivity index is 1.77. The summed E-state index contributed by atoms with van der Waals surface area (Å²) in [6.45, 7) is 0. The lowest BCUT2D eigenvalue weighted by atomic mass is 10.0. The highest BCUT2D eigenvalue weighted by Crippen LogP contribution is 2.36. The molecule has 0 aliphatic rings. The van der Waals surface area contributed by atoms with Crippen molar-refractivity contribution in [2.75, 3.05) is 24.3 Å². The van der Waals surface area contributed by atoms with Gasteiger partial charge in [-0.3, -0.25) is 4.79 Å². The molecule has 35 heavy (non-hydrogen) atoms. The first-order valence-corrected chi connectivity index (χ1v) is 10.9. The Morgan fingerprint density at radius 2 is 1.63 bits per heavy atom. The average Bonchev–Trinajstić information content (AvgIpc) is 2.84. The van der Waals surface area contributed by atoms with E-state index in [2.05, 4.69) is 15.5 Å². The second-order valence-electron chi connectivity index (χ2n) is 7.88. The third-order valence-corrected chi connectivity index (χ3v) is 5.54. The quantitative estimate of drug-likeness (QED) is 0.323. The summed E-state index contributed by atoms with van der Waals surface area (Å²) in [5.41, 5.74) is 1.60. The maximum absolute atomic E-state index is 13.2. The summed E-state index contributed by atoms with van der Waals surface area (Å²) in [6.07, 6.45) is 0. The van der Waals surface area contributed by atoms with Gasteiger partial charge in [0.15, 0.2) is 0 Å². The smallest absolute Gasteiger partial charge is 0.335 e. The van der Waals surface area contributed by atoms with Crippen LogP contribution in [-0.2, 0) is 0 Å². The van der Waals surface area contributed by atoms with E-state index < -0.39 is 17.6 Å². The number of carbonyl (C=O) groups is 2. The number of carboxylic acid groups (broad SMARTS) is 1. The lowest BCUT2D eigenvalue weighted by molar-refractivity contribution is -0.266. The molecular formula is C26H20ClN4O4-. The zero-order chi connectivity index (χ0) is 25.1. The summed E-state index contributed by atoms with van der Waals surface area (Å²) < 4.78 is 0. The molecule has 0 fully saturated rings. The Morgan fingerprint density at radius 1 is 0.943 bits per heavy atom. The molecule has 0 heterocycles. The summed E-state index contributed by atoms with van der Waals surface area (Å²) in [6, 6.07) is 19.3. The number of carboxylic acids is 1. The number of anilines is 2. The van der Waals surface area contributed by atoms with E-state index in [9.17, 15) is 19.8 Å². The van der Waals surface area contributed by atoms with Gasteiger partial charge in [0.2, 0.25) is 0 Å². The van der Waals surface area contributed by atoms with Crippen LogP contribution in [0.4, 0.5) is 22.7 Å². The second kappa shape index (κ2) is 9.82. The summed E-state index contributed by atoms with van der Waals surface area (Å²) in [4.78, 5) is 26.4. The molecule has 0 unspecified atom stereocenters. The summed E-state index contributed by atoms with van der Waals surface area (Å²) in [5.74, 6) is -2.29. The van der Waals surface area contributed by atoms with E-state index in [1.807, 2.05) is 0 Å². The Labute approximate surface area is 206 Å². The number of carbonyl (C=O) groups excluding carboxylic acids is 1. The molecule has 4 rings (SSSR count). The van der Waals surface area contributed by atoms with Crippen LogP contribution in [0.2, 0.25) is 5.02 Å². The van der Waals surface area contributed by atoms with Crippen molar-refractivity contribution in [3.8, 4) is 5.75 Å². The molecule has 0 atom stereocenters. The number of azo groups is 1. The number of fused-ring (bicyclic) bond motifs is 1. The highest BCUT2D eigenvalue weighted by molar-refractivity contribution is 6.30. The third-order valence-electron chi connectivity index (χ3n) is 5.29. The van der Waals surface area contributed by atoms with E-state index >= 15 is 0 Å². The molecule has 0 saturated heterocycles. The molecule has 2 N–H and O–H groups in total. The molecule has 0 aliphatic heterocycles. The molecule has 176 valence electrons. The van der Waals surface area contributed by atoms with Gasteiger partial charge in [-0.25, -0.2) is 4.79 Å². The number of nitrogens with zero attached hydrogens (tertiary/aromatic N) is 3. The van der Waals surface area contributed by atoms with Crippen molar-refractivity contribution in [2.24, 2.45) is 10.2 Å². The van der Waals surface area contributed by atoms with E-state index in [0.717, 1.165) is 0 Å². The van der Waals surface area contributed by atoms with Gasteiger partial charge in [-0.05, 0) is 53.9 Å². The molecule has 9 heteroatoms. The molecule has 8 nitrogen and oxygen atoms in total. The maximum Gasteiger partial charge on any atom is 0.335 e. The number of hydrogen-bond acceptors (Lipinski definition) is 6. The van der Waals surface area contributed by atoms with Crippen molar-refractivity contribution < 1.29 is 19.8 Å². The third kappa shape index (κ3) is 5.07. The number of amides is 1. The predicted molar refractivity (Wildman–Crippen MR) is 135 cm³/mol. The number of halogens is 1. The predicted octanol–water partition coefficient (Wildman–Crippen LogP) is 6.00. The summed E-state index contributed by atoms with van der Waals surface area (Å²) >= 11 is 5.92. The Hall–Kier alpha value is -4.43. The molecule has 0 spiro atoms. The largest absolute Gasteiger partial charge is 0.872 e. The number of benzene rings is 4. The number of hydrogen-bond donors (Lipinski definition) is 2. The molecule has 0 saturated carbocycles. The zero-order valence-electron chi connectivity index (χ0n) is 18.8. The zero-order valence-corrected chi connectivity index (χ0v) is 19.6. The molecule has 4 aromatic carbocycles. The molecule has 0 radical (unpaired) electrons. The van der Waals surface area contributed by atoms with Crippen LogP contribution in [0.1, 0.15) is 20.7 Å². The van der Waals surface area contributed by atoms with Gasteiger partial charge in [-0.1, -0.05) is 41.6 Å². The average molecular weight is 488 g/mol. The van der Waals surface area contributed by atoms with Crippen LogP contribution in [0.15, 0.2) is 83.0 Å². The van der Waals surface area contributed by atoms with E-state index in [1.165, 1.54) is 18.2 Å². The van der Waals surface area contributed by atoms with E-state index in [-0.39, 0.29) is 16.8 Å². The SMILES string of the molecule is CN(C)c1ccc(C(=O)O)cc1NC(=O)c1cc(N=Nc2ccc(Cl)cc2)c2ccccc2c1[O-]. The highest BCUT2D eigenvalue weighted by Gasteiger charge is 2.16. The number of rotatable bonds is 6. The Kier molecular flexibility index (Phi) is 6.66. The van der Waals surface area contributed by atoms with Gasteiger partial charge in [0.25, 0.3) is 5.91 Å². The Morgan fingerprint density at radius 3 is 2.29 bits per heavy atom. The summed E-state index contributed by atoms with van der Waals surface area (Å²) in [5, 5.41) is 35.1. The molecule has 0 bridgehead atoms. The van der Waals surface area contributed by atoms with E-state index in [4.69, 9.17) is 11.6 Å². The molecule has 0 aromatic heterocycles. The highest BCUT2D eigenvalue weighted by atomic mass is 35.5. The molecule has 0 aliphatic carbocycles. The van der Waals surface area contributed by atoms with Crippen molar-refractivity contribution in [1.82, 2.24) is 0 Å². The second-order valence-corrected chi connectivity index (χ2v) is 8.32. The first-order chi connectivity index (χ1) is 16.7. The lowest BCUT2D eigenvalue weighted by Gasteiger charge is -2.21. The van der Waals surface area contributed by atoms with E-state index in [0.29, 0.717) is 32.9 Å². The van der Waals surface area contributed by atoms with Gasteiger partial charge in [-0.2, -0.15) is 5.11 Å². The minimum Gasteiger partial charge on any atom is -0.872 e. The minimum atomic E-state index is -1.13. The van der Waals surface area contributed by atoms with Gasteiger partial charge >= 0.3 is 5.97 Å². The van der Waals surface area contributed by atoms with Crippen molar-refractivity contribution >= 4 is 57.0 Å². The van der Waals surface area contributed by atoms with Crippen LogP contribution >= 0.6 is 11.6 Å². The monoisotopic (exact) mass is 487 g/mol. The molecule has 1 amide bonds. The van der Waals surface area contributed by atoms with Gasteiger partial charge in [0.1, 0.15) is 0 Å². The van der Waals surface area contributed by atoms with Crippen LogP contribution in [-0.4, -0.2) is 31.1 Å². The van der Waals surface area contributed by atoms with Gasteiger partial charge in [-0.15, -0.1) is 5.11 Å². The fourth-order valence-electron chi connectivity index (χ4n) is 3.55. The molecular weight excluding hydrogens is 468 g/mol. The van der Waals surface area contributed by atoms with E-state index in [1.54, 1.807) is 73.6 Å². The van der Waals surface area contributed by atoms with Crippen molar-refractivity contribution in [3.05, 3.63) is 88.9 Å². The first-order valence-electron chi connectivity index (χ1n) is 10.5. The summed E-state index contributed by atoms with van der Waals surface area (Å²) in [7, 11) is 3.52. The normalized spacial score (nSPS) is 11.1. The number of nitrogens with one attached hydrogen (secondary N) is 1. The fourth-order valence-corrected chi connectivity index (χ4v) is 3.68. The first kappa shape index (κ1) is 23.7. The lowest BCUT2D eigenvalue weighted by Crippen LogP contribution is -2.18. The van der Waals surface area contributed by atoms with Crippen LogP contribution in [0.25, 0.3) is 10.8 Å². The topological polar surface area (TPSA) is 117 Å². The van der Waals surface area contributed by atoms with Crippen molar-refractivity contribution in [1.29, 1.82) is 0 Å². The maximum atomic E-state index is 13.2. The minimum absolute atomic E-state index is 0.00390. The molecule has 4 aromatic rings. The standard InChI is InChI=1S/C26H21ClN4O4/c1-31(2)23-12-7-15(26(34)35)13-22(23)28-25(33)20-14-21(18-5-3-4-6-19(18)24(20)32)30-29-17-10-8-16(27)9-11-17/h3-14,32H,1-2H3,(H,28,33)(H,34,35)/p-1. The van der Waals surface area contributed by atoms with Crippen LogP contribution in [0.5, 0.6) is 5.75 Å². The van der Waals surface area contributed by atoms with Crippen molar-refractivity contribution in [3.63, 3.8) is 0 Å². The van der Waals surface area contributed by atoms with Crippen LogP contribution in [0.3, 0.4) is 0 Å². The fraction of sp³-hybridized carbons (Fsp3) is 0.0769. The van der Waals surface area contributed by atoms with Crippen LogP contribution in [0, 0.1) is 0 Å². The van der Waals surface area contributed by atoms with Gasteiger partial charge < -0.3 is 20.4 Å². The van der Waals surface area contributed by atoms with Gasteiger partial charge in [0.05, 0.1) is 28.3 Å². The van der Waals surface area contributed by atoms with Gasteiger partial charge in [0, 0.05) is 30.1 Å². The number of aromatic carboxylic acids is 1. The Bertz CT molecular complexity index is 1470. The van der Waals surface area contributed by atoms with Crippen molar-refractivity contribution in [2.45, 2.75) is 0 Å².